The number of guanidine groups is 1. The van der Waals surface area contributed by atoms with Crippen molar-refractivity contribution in [3.05, 3.63) is 36.5 Å². The molecule has 0 radical (unpaired) electrons. The number of fused-ring (bicyclic) bond motifs is 1. The number of rotatable bonds is 9. The molecule has 26 heavy (non-hydrogen) atoms. The molecule has 0 unspecified atom stereocenters. The summed E-state index contributed by atoms with van der Waals surface area (Å²) in [6.07, 6.45) is 4.18. The average molecular weight is 493 g/mol. The number of aromatic nitrogens is 1. The Labute approximate surface area is 172 Å². The average Bonchev–Trinajstić information content (AvgIpc) is 2.98. The molecule has 9 heteroatoms. The molecular formula is C17H28IN5O2S. The number of nitrogens with one attached hydrogen (secondary N) is 3. The number of hydrogen-bond acceptors (Lipinski definition) is 3. The Bertz CT molecular complexity index is 804. The van der Waals surface area contributed by atoms with Gasteiger partial charge in [-0.2, -0.15) is 0 Å². The topological polar surface area (TPSA) is 87.5 Å². The zero-order chi connectivity index (χ0) is 18.1. The lowest BCUT2D eigenvalue weighted by Crippen LogP contribution is -2.41. The Morgan fingerprint density at radius 1 is 1.15 bits per heavy atom. The van der Waals surface area contributed by atoms with Gasteiger partial charge in [0.2, 0.25) is 10.0 Å². The van der Waals surface area contributed by atoms with Gasteiger partial charge in [-0.15, -0.1) is 24.0 Å². The number of aliphatic imine (C=N–C) groups is 1. The van der Waals surface area contributed by atoms with Crippen molar-refractivity contribution in [3.63, 3.8) is 0 Å². The quantitative estimate of drug-likeness (QED) is 0.215. The van der Waals surface area contributed by atoms with E-state index in [1.165, 1.54) is 10.9 Å². The number of nitrogens with zero attached hydrogens (tertiary/aromatic N) is 2. The molecule has 0 aliphatic carbocycles. The van der Waals surface area contributed by atoms with Gasteiger partial charge < -0.3 is 15.2 Å². The van der Waals surface area contributed by atoms with Gasteiger partial charge in [-0.25, -0.2) is 13.1 Å². The second-order valence-electron chi connectivity index (χ2n) is 5.78. The van der Waals surface area contributed by atoms with Gasteiger partial charge in [0.1, 0.15) is 0 Å². The van der Waals surface area contributed by atoms with Gasteiger partial charge in [-0.3, -0.25) is 4.99 Å². The first-order valence-corrected chi connectivity index (χ1v) is 10.4. The first kappa shape index (κ1) is 22.7. The van der Waals surface area contributed by atoms with Gasteiger partial charge in [0, 0.05) is 44.4 Å². The van der Waals surface area contributed by atoms with Crippen molar-refractivity contribution in [2.24, 2.45) is 4.99 Å². The van der Waals surface area contributed by atoms with Crippen molar-refractivity contribution in [3.8, 4) is 0 Å². The van der Waals surface area contributed by atoms with Crippen molar-refractivity contribution in [1.82, 2.24) is 19.9 Å². The molecule has 1 aromatic carbocycles. The van der Waals surface area contributed by atoms with Gasteiger partial charge >= 0.3 is 0 Å². The molecule has 0 aliphatic heterocycles. The molecule has 0 bridgehead atoms. The molecule has 146 valence electrons. The summed E-state index contributed by atoms with van der Waals surface area (Å²) in [6, 6.07) is 10.5. The molecule has 0 atom stereocenters. The van der Waals surface area contributed by atoms with Crippen LogP contribution in [0.4, 0.5) is 0 Å². The molecule has 0 saturated carbocycles. The van der Waals surface area contributed by atoms with Crippen LogP contribution in [-0.2, 0) is 16.6 Å². The maximum Gasteiger partial charge on any atom is 0.208 e. The summed E-state index contributed by atoms with van der Waals surface area (Å²) in [4.78, 5) is 4.53. The summed E-state index contributed by atoms with van der Waals surface area (Å²) < 4.78 is 26.7. The highest BCUT2D eigenvalue weighted by molar-refractivity contribution is 14.0. The standard InChI is InChI=1S/C17H27N5O2S.HI/c1-3-18-17(20-11-12-21-25(2,23)24)19-10-6-13-22-14-9-15-7-4-5-8-16(15)22;/h4-5,7-9,14,21H,3,6,10-13H2,1-2H3,(H2,18,19,20);1H. The molecular weight excluding hydrogens is 465 g/mol. The van der Waals surface area contributed by atoms with Gasteiger partial charge in [-0.1, -0.05) is 18.2 Å². The molecule has 2 rings (SSSR count). The van der Waals surface area contributed by atoms with E-state index in [0.717, 1.165) is 25.8 Å². The fraction of sp³-hybridized carbons (Fsp3) is 0.471. The van der Waals surface area contributed by atoms with Crippen molar-refractivity contribution in [2.45, 2.75) is 19.9 Å². The maximum absolute atomic E-state index is 11.0. The summed E-state index contributed by atoms with van der Waals surface area (Å²) in [5.74, 6) is 0.704. The smallest absolute Gasteiger partial charge is 0.208 e. The highest BCUT2D eigenvalue weighted by atomic mass is 127. The molecule has 2 aromatic rings. The molecule has 3 N–H and O–H groups in total. The Morgan fingerprint density at radius 2 is 1.92 bits per heavy atom. The van der Waals surface area contributed by atoms with E-state index in [1.54, 1.807) is 0 Å². The van der Waals surface area contributed by atoms with E-state index in [9.17, 15) is 8.42 Å². The highest BCUT2D eigenvalue weighted by Gasteiger charge is 2.02. The van der Waals surface area contributed by atoms with Crippen LogP contribution in [0.5, 0.6) is 0 Å². The van der Waals surface area contributed by atoms with Crippen molar-refractivity contribution in [2.75, 3.05) is 32.4 Å². The monoisotopic (exact) mass is 493 g/mol. The fourth-order valence-corrected chi connectivity index (χ4v) is 3.00. The third-order valence-corrected chi connectivity index (χ3v) is 4.36. The third kappa shape index (κ3) is 7.92. The van der Waals surface area contributed by atoms with E-state index in [4.69, 9.17) is 0 Å². The minimum atomic E-state index is -3.15. The van der Waals surface area contributed by atoms with Crippen LogP contribution >= 0.6 is 24.0 Å². The molecule has 0 saturated heterocycles. The highest BCUT2D eigenvalue weighted by Crippen LogP contribution is 2.15. The molecule has 0 aliphatic rings. The van der Waals surface area contributed by atoms with Crippen molar-refractivity contribution in [1.29, 1.82) is 0 Å². The summed E-state index contributed by atoms with van der Waals surface area (Å²) in [7, 11) is -3.15. The Hall–Kier alpha value is -1.33. The van der Waals surface area contributed by atoms with Crippen LogP contribution in [-0.4, -0.2) is 51.4 Å². The minimum Gasteiger partial charge on any atom is -0.357 e. The molecule has 1 heterocycles. The van der Waals surface area contributed by atoms with Gasteiger partial charge in [0.15, 0.2) is 5.96 Å². The summed E-state index contributed by atoms with van der Waals surface area (Å²) in [6.45, 7) is 5.18. The molecule has 0 spiro atoms. The Balaban J connectivity index is 0.00000338. The maximum atomic E-state index is 11.0. The number of hydrogen-bond donors (Lipinski definition) is 3. The molecule has 0 fully saturated rings. The zero-order valence-corrected chi connectivity index (χ0v) is 18.4. The minimum absolute atomic E-state index is 0. The number of para-hydroxylation sites is 1. The van der Waals surface area contributed by atoms with Gasteiger partial charge in [0.25, 0.3) is 0 Å². The molecule has 0 amide bonds. The van der Waals surface area contributed by atoms with Crippen LogP contribution in [0.2, 0.25) is 0 Å². The van der Waals surface area contributed by atoms with Crippen molar-refractivity contribution >= 4 is 50.9 Å². The van der Waals surface area contributed by atoms with E-state index in [0.29, 0.717) is 25.6 Å². The van der Waals surface area contributed by atoms with Crippen LogP contribution < -0.4 is 15.4 Å². The zero-order valence-electron chi connectivity index (χ0n) is 15.2. The van der Waals surface area contributed by atoms with E-state index in [1.807, 2.05) is 13.0 Å². The largest absolute Gasteiger partial charge is 0.357 e. The predicted molar refractivity (Wildman–Crippen MR) is 119 cm³/mol. The predicted octanol–water partition coefficient (Wildman–Crippen LogP) is 1.75. The number of benzene rings is 1. The van der Waals surface area contributed by atoms with E-state index >= 15 is 0 Å². The lowest BCUT2D eigenvalue weighted by atomic mass is 10.2. The van der Waals surface area contributed by atoms with Crippen LogP contribution in [0.15, 0.2) is 41.5 Å². The van der Waals surface area contributed by atoms with E-state index in [2.05, 4.69) is 55.4 Å². The summed E-state index contributed by atoms with van der Waals surface area (Å²) >= 11 is 0. The van der Waals surface area contributed by atoms with Crippen LogP contribution in [0.3, 0.4) is 0 Å². The number of sulfonamides is 1. The molecule has 1 aromatic heterocycles. The SMILES string of the molecule is CCNC(=NCCCn1ccc2ccccc21)NCCNS(C)(=O)=O.I. The van der Waals surface area contributed by atoms with E-state index in [-0.39, 0.29) is 24.0 Å². The van der Waals surface area contributed by atoms with Crippen LogP contribution in [0.1, 0.15) is 13.3 Å². The summed E-state index contributed by atoms with van der Waals surface area (Å²) in [5, 5.41) is 7.53. The summed E-state index contributed by atoms with van der Waals surface area (Å²) in [5.41, 5.74) is 1.24. The lowest BCUT2D eigenvalue weighted by molar-refractivity contribution is 0.586. The van der Waals surface area contributed by atoms with Crippen LogP contribution in [0.25, 0.3) is 10.9 Å². The second kappa shape index (κ2) is 11.4. The molecule has 7 nitrogen and oxygen atoms in total. The van der Waals surface area contributed by atoms with Crippen LogP contribution in [0, 0.1) is 0 Å². The van der Waals surface area contributed by atoms with Gasteiger partial charge in [-0.05, 0) is 30.9 Å². The second-order valence-corrected chi connectivity index (χ2v) is 7.61. The van der Waals surface area contributed by atoms with Gasteiger partial charge in [0.05, 0.1) is 6.26 Å². The Kier molecular flexibility index (Phi) is 9.96. The normalized spacial score (nSPS) is 12.0. The lowest BCUT2D eigenvalue weighted by Gasteiger charge is -2.11. The first-order chi connectivity index (χ1) is 12.0. The van der Waals surface area contributed by atoms with Crippen molar-refractivity contribution < 1.29 is 8.42 Å². The first-order valence-electron chi connectivity index (χ1n) is 8.50. The van der Waals surface area contributed by atoms with E-state index < -0.39 is 10.0 Å². The number of aryl methyl sites for hydroxylation is 1. The fourth-order valence-electron chi connectivity index (χ4n) is 2.53. The third-order valence-electron chi connectivity index (χ3n) is 3.63. The Morgan fingerprint density at radius 3 is 2.65 bits per heavy atom. The number of halogens is 1.